The fraction of sp³-hybridized carbons (Fsp3) is 0.467. The van der Waals surface area contributed by atoms with Gasteiger partial charge in [-0.2, -0.15) is 0 Å². The van der Waals surface area contributed by atoms with Gasteiger partial charge in [-0.05, 0) is 43.4 Å². The van der Waals surface area contributed by atoms with E-state index in [9.17, 15) is 0 Å². The second-order valence-electron chi connectivity index (χ2n) is 4.77. The summed E-state index contributed by atoms with van der Waals surface area (Å²) in [6, 6.07) is 8.22. The van der Waals surface area contributed by atoms with Gasteiger partial charge in [0.2, 0.25) is 0 Å². The number of ether oxygens (including phenoxy) is 1. The van der Waals surface area contributed by atoms with Gasteiger partial charge < -0.3 is 4.74 Å². The molecule has 0 radical (unpaired) electrons. The van der Waals surface area contributed by atoms with Crippen LogP contribution in [-0.2, 0) is 0 Å². The van der Waals surface area contributed by atoms with Gasteiger partial charge >= 0.3 is 0 Å². The van der Waals surface area contributed by atoms with Crippen molar-refractivity contribution < 1.29 is 4.74 Å². The van der Waals surface area contributed by atoms with Crippen molar-refractivity contribution in [3.63, 3.8) is 0 Å². The van der Waals surface area contributed by atoms with Gasteiger partial charge in [-0.3, -0.25) is 0 Å². The van der Waals surface area contributed by atoms with Gasteiger partial charge in [0.15, 0.2) is 0 Å². The van der Waals surface area contributed by atoms with Crippen LogP contribution >= 0.6 is 0 Å². The van der Waals surface area contributed by atoms with Gasteiger partial charge in [-0.1, -0.05) is 37.1 Å². The van der Waals surface area contributed by atoms with Crippen molar-refractivity contribution in [3.05, 3.63) is 36.4 Å². The van der Waals surface area contributed by atoms with E-state index in [1.165, 1.54) is 31.2 Å². The lowest BCUT2D eigenvalue weighted by atomic mass is 10.1. The van der Waals surface area contributed by atoms with Crippen molar-refractivity contribution in [2.45, 2.75) is 32.6 Å². The Morgan fingerprint density at radius 3 is 2.81 bits per heavy atom. The van der Waals surface area contributed by atoms with Crippen molar-refractivity contribution in [1.29, 1.82) is 0 Å². The summed E-state index contributed by atoms with van der Waals surface area (Å²) in [7, 11) is 0. The number of rotatable bonds is 4. The molecule has 0 N–H and O–H groups in total. The second-order valence-corrected chi connectivity index (χ2v) is 4.77. The van der Waals surface area contributed by atoms with Crippen molar-refractivity contribution in [3.8, 4) is 5.75 Å². The Hall–Kier alpha value is -1.24. The van der Waals surface area contributed by atoms with Gasteiger partial charge in [0, 0.05) is 0 Å². The minimum atomic E-state index is 0.772. The molecule has 1 aromatic carbocycles. The predicted molar refractivity (Wildman–Crippen MR) is 68.6 cm³/mol. The summed E-state index contributed by atoms with van der Waals surface area (Å²) in [4.78, 5) is 0. The van der Waals surface area contributed by atoms with E-state index in [-0.39, 0.29) is 0 Å². The molecular formula is C15H20O. The zero-order valence-electron chi connectivity index (χ0n) is 10.0. The Morgan fingerprint density at radius 2 is 2.12 bits per heavy atom. The monoisotopic (exact) mass is 216 g/mol. The second kappa shape index (κ2) is 5.20. The molecule has 86 valence electrons. The normalized spacial score (nSPS) is 16.3. The lowest BCUT2D eigenvalue weighted by molar-refractivity contribution is 0.252. The Balaban J connectivity index is 1.93. The highest BCUT2D eigenvalue weighted by Crippen LogP contribution is 2.26. The molecule has 0 spiro atoms. The van der Waals surface area contributed by atoms with Gasteiger partial charge in [0.25, 0.3) is 0 Å². The molecule has 0 aliphatic heterocycles. The van der Waals surface area contributed by atoms with Crippen LogP contribution in [0.5, 0.6) is 5.75 Å². The maximum Gasteiger partial charge on any atom is 0.119 e. The summed E-state index contributed by atoms with van der Waals surface area (Å²) in [5.74, 6) is 1.75. The molecule has 1 aliphatic carbocycles. The minimum absolute atomic E-state index is 0.772. The van der Waals surface area contributed by atoms with E-state index in [2.05, 4.69) is 18.7 Å². The summed E-state index contributed by atoms with van der Waals surface area (Å²) in [5, 5.41) is 0. The number of hydrogen-bond donors (Lipinski definition) is 0. The van der Waals surface area contributed by atoms with Crippen LogP contribution in [-0.4, -0.2) is 6.61 Å². The van der Waals surface area contributed by atoms with Crippen LogP contribution < -0.4 is 4.74 Å². The molecule has 0 aromatic heterocycles. The molecule has 1 fully saturated rings. The predicted octanol–water partition coefficient (Wildman–Crippen LogP) is 4.29. The molecule has 0 unspecified atom stereocenters. The minimum Gasteiger partial charge on any atom is -0.493 e. The van der Waals surface area contributed by atoms with E-state index in [1.54, 1.807) is 0 Å². The Morgan fingerprint density at radius 1 is 1.38 bits per heavy atom. The fourth-order valence-corrected chi connectivity index (χ4v) is 2.24. The zero-order valence-corrected chi connectivity index (χ0v) is 10.0. The van der Waals surface area contributed by atoms with E-state index in [0.29, 0.717) is 0 Å². The third-order valence-electron chi connectivity index (χ3n) is 3.29. The smallest absolute Gasteiger partial charge is 0.119 e. The van der Waals surface area contributed by atoms with Crippen molar-refractivity contribution in [2.24, 2.45) is 5.92 Å². The first-order chi connectivity index (χ1) is 7.75. The molecule has 0 amide bonds. The van der Waals surface area contributed by atoms with E-state index in [0.717, 1.165) is 23.8 Å². The highest BCUT2D eigenvalue weighted by Gasteiger charge is 2.15. The standard InChI is InChI=1S/C15H20O/c1-12(2)14-8-5-9-15(10-14)16-11-13-6-3-4-7-13/h5,8-10,13H,1,3-4,6-7,11H2,2H3. The SMILES string of the molecule is C=C(C)c1cccc(OCC2CCCC2)c1. The maximum absolute atomic E-state index is 5.84. The fourth-order valence-electron chi connectivity index (χ4n) is 2.24. The van der Waals surface area contributed by atoms with Crippen LogP contribution in [0.3, 0.4) is 0 Å². The summed E-state index contributed by atoms with van der Waals surface area (Å²) < 4.78 is 5.84. The van der Waals surface area contributed by atoms with Gasteiger partial charge in [0.05, 0.1) is 6.61 Å². The zero-order chi connectivity index (χ0) is 11.4. The first-order valence-corrected chi connectivity index (χ1v) is 6.14. The van der Waals surface area contributed by atoms with Gasteiger partial charge in [-0.15, -0.1) is 0 Å². The van der Waals surface area contributed by atoms with Gasteiger partial charge in [-0.25, -0.2) is 0 Å². The molecule has 1 aromatic rings. The average molecular weight is 216 g/mol. The van der Waals surface area contributed by atoms with Crippen LogP contribution in [0.1, 0.15) is 38.2 Å². The highest BCUT2D eigenvalue weighted by molar-refractivity contribution is 5.62. The number of hydrogen-bond acceptors (Lipinski definition) is 1. The Labute approximate surface area is 98.1 Å². The number of benzene rings is 1. The van der Waals surface area contributed by atoms with E-state index < -0.39 is 0 Å². The van der Waals surface area contributed by atoms with Crippen LogP contribution in [0.4, 0.5) is 0 Å². The molecule has 1 aliphatic rings. The van der Waals surface area contributed by atoms with Gasteiger partial charge in [0.1, 0.15) is 5.75 Å². The van der Waals surface area contributed by atoms with E-state index in [4.69, 9.17) is 4.74 Å². The topological polar surface area (TPSA) is 9.23 Å². The van der Waals surface area contributed by atoms with E-state index in [1.807, 2.05) is 19.1 Å². The third-order valence-corrected chi connectivity index (χ3v) is 3.29. The average Bonchev–Trinajstić information content (AvgIpc) is 2.79. The first kappa shape index (κ1) is 11.3. The van der Waals surface area contributed by atoms with Crippen molar-refractivity contribution >= 4 is 5.57 Å². The van der Waals surface area contributed by atoms with Crippen LogP contribution in [0.15, 0.2) is 30.8 Å². The lowest BCUT2D eigenvalue weighted by Gasteiger charge is -2.12. The Bertz CT molecular complexity index is 361. The molecule has 16 heavy (non-hydrogen) atoms. The largest absolute Gasteiger partial charge is 0.493 e. The highest BCUT2D eigenvalue weighted by atomic mass is 16.5. The van der Waals surface area contributed by atoms with Crippen molar-refractivity contribution in [1.82, 2.24) is 0 Å². The third kappa shape index (κ3) is 2.88. The summed E-state index contributed by atoms with van der Waals surface area (Å²) in [6.07, 6.45) is 5.42. The molecule has 1 nitrogen and oxygen atoms in total. The quantitative estimate of drug-likeness (QED) is 0.729. The Kier molecular flexibility index (Phi) is 3.66. The van der Waals surface area contributed by atoms with Crippen LogP contribution in [0, 0.1) is 5.92 Å². The maximum atomic E-state index is 5.84. The summed E-state index contributed by atoms with van der Waals surface area (Å²) >= 11 is 0. The molecule has 0 saturated heterocycles. The molecule has 0 bridgehead atoms. The van der Waals surface area contributed by atoms with Crippen molar-refractivity contribution in [2.75, 3.05) is 6.61 Å². The molecular weight excluding hydrogens is 196 g/mol. The summed E-state index contributed by atoms with van der Waals surface area (Å²) in [5.41, 5.74) is 2.26. The first-order valence-electron chi connectivity index (χ1n) is 6.14. The molecule has 0 atom stereocenters. The molecule has 0 heterocycles. The molecule has 1 heteroatoms. The van der Waals surface area contributed by atoms with Crippen LogP contribution in [0.25, 0.3) is 5.57 Å². The summed E-state index contributed by atoms with van der Waals surface area (Å²) in [6.45, 7) is 6.85. The van der Waals surface area contributed by atoms with E-state index >= 15 is 0 Å². The van der Waals surface area contributed by atoms with Crippen LogP contribution in [0.2, 0.25) is 0 Å². The molecule has 2 rings (SSSR count). The molecule has 1 saturated carbocycles. The number of allylic oxidation sites excluding steroid dienone is 1. The lowest BCUT2D eigenvalue weighted by Crippen LogP contribution is -2.07.